The third-order valence-electron chi connectivity index (χ3n) is 2.21. The molecule has 0 atom stereocenters. The Labute approximate surface area is 107 Å². The Morgan fingerprint density at radius 1 is 1.56 bits per heavy atom. The summed E-state index contributed by atoms with van der Waals surface area (Å²) >= 11 is 1.58. The summed E-state index contributed by atoms with van der Waals surface area (Å²) in [5.74, 6) is 0.412. The summed E-state index contributed by atoms with van der Waals surface area (Å²) < 4.78 is 0. The molecule has 0 aliphatic rings. The van der Waals surface area contributed by atoms with E-state index in [9.17, 15) is 10.1 Å². The van der Waals surface area contributed by atoms with E-state index in [4.69, 9.17) is 5.73 Å². The van der Waals surface area contributed by atoms with Gasteiger partial charge < -0.3 is 11.1 Å². The molecule has 8 heteroatoms. The SMILES string of the molecule is Cc1ncc(CNc2ccc([N+](=O)[O-])c(N)n2)s1. The summed E-state index contributed by atoms with van der Waals surface area (Å²) in [6.07, 6.45) is 1.78. The lowest BCUT2D eigenvalue weighted by Gasteiger charge is -2.04. The van der Waals surface area contributed by atoms with Crippen LogP contribution in [0.4, 0.5) is 17.3 Å². The molecule has 0 aliphatic heterocycles. The summed E-state index contributed by atoms with van der Waals surface area (Å²) in [6.45, 7) is 2.49. The number of nitrogens with two attached hydrogens (primary N) is 1. The first-order valence-electron chi connectivity index (χ1n) is 5.12. The van der Waals surface area contributed by atoms with Crippen molar-refractivity contribution in [2.24, 2.45) is 0 Å². The van der Waals surface area contributed by atoms with Crippen molar-refractivity contribution in [2.45, 2.75) is 13.5 Å². The van der Waals surface area contributed by atoms with Crippen LogP contribution in [0.3, 0.4) is 0 Å². The van der Waals surface area contributed by atoms with Gasteiger partial charge in [-0.25, -0.2) is 9.97 Å². The quantitative estimate of drug-likeness (QED) is 0.646. The molecule has 3 N–H and O–H groups in total. The van der Waals surface area contributed by atoms with E-state index in [1.807, 2.05) is 6.92 Å². The minimum absolute atomic E-state index is 0.0921. The fourth-order valence-corrected chi connectivity index (χ4v) is 2.12. The molecule has 0 radical (unpaired) electrons. The molecule has 0 amide bonds. The lowest BCUT2D eigenvalue weighted by molar-refractivity contribution is -0.384. The third-order valence-corrected chi connectivity index (χ3v) is 3.12. The molecule has 0 saturated carbocycles. The highest BCUT2D eigenvalue weighted by molar-refractivity contribution is 7.11. The average Bonchev–Trinajstić information content (AvgIpc) is 2.72. The molecule has 0 fully saturated rings. The molecule has 0 aliphatic carbocycles. The molecule has 0 unspecified atom stereocenters. The van der Waals surface area contributed by atoms with Crippen molar-refractivity contribution in [3.8, 4) is 0 Å². The molecular weight excluding hydrogens is 254 g/mol. The van der Waals surface area contributed by atoms with Crippen LogP contribution in [0.15, 0.2) is 18.3 Å². The molecule has 94 valence electrons. The van der Waals surface area contributed by atoms with Crippen LogP contribution in [-0.4, -0.2) is 14.9 Å². The predicted molar refractivity (Wildman–Crippen MR) is 69.5 cm³/mol. The van der Waals surface area contributed by atoms with Crippen LogP contribution in [0.1, 0.15) is 9.88 Å². The topological polar surface area (TPSA) is 107 Å². The van der Waals surface area contributed by atoms with Crippen molar-refractivity contribution in [3.05, 3.63) is 38.3 Å². The Balaban J connectivity index is 2.06. The van der Waals surface area contributed by atoms with Crippen molar-refractivity contribution >= 4 is 28.7 Å². The first kappa shape index (κ1) is 12.2. The molecule has 2 aromatic heterocycles. The molecule has 2 rings (SSSR count). The van der Waals surface area contributed by atoms with Crippen LogP contribution < -0.4 is 11.1 Å². The number of nitrogens with zero attached hydrogens (tertiary/aromatic N) is 3. The number of thiazole rings is 1. The van der Waals surface area contributed by atoms with E-state index >= 15 is 0 Å². The minimum atomic E-state index is -0.557. The van der Waals surface area contributed by atoms with Gasteiger partial charge in [-0.3, -0.25) is 10.1 Å². The van der Waals surface area contributed by atoms with Gasteiger partial charge in [0, 0.05) is 17.1 Å². The zero-order chi connectivity index (χ0) is 13.1. The highest BCUT2D eigenvalue weighted by Crippen LogP contribution is 2.21. The van der Waals surface area contributed by atoms with Crippen molar-refractivity contribution < 1.29 is 4.92 Å². The van der Waals surface area contributed by atoms with Gasteiger partial charge in [-0.05, 0) is 13.0 Å². The fourth-order valence-electron chi connectivity index (χ4n) is 1.39. The van der Waals surface area contributed by atoms with E-state index < -0.39 is 4.92 Å². The Hall–Kier alpha value is -2.22. The predicted octanol–water partition coefficient (Wildman–Crippen LogP) is 1.95. The van der Waals surface area contributed by atoms with Crippen molar-refractivity contribution in [2.75, 3.05) is 11.1 Å². The number of hydrogen-bond donors (Lipinski definition) is 2. The first-order chi connectivity index (χ1) is 8.56. The number of nitrogen functional groups attached to an aromatic ring is 1. The van der Waals surface area contributed by atoms with E-state index in [2.05, 4.69) is 15.3 Å². The van der Waals surface area contributed by atoms with Gasteiger partial charge in [0.1, 0.15) is 5.82 Å². The number of hydrogen-bond acceptors (Lipinski definition) is 7. The molecule has 2 heterocycles. The highest BCUT2D eigenvalue weighted by Gasteiger charge is 2.12. The highest BCUT2D eigenvalue weighted by atomic mass is 32.1. The smallest absolute Gasteiger partial charge is 0.311 e. The van der Waals surface area contributed by atoms with E-state index in [0.29, 0.717) is 12.4 Å². The lowest BCUT2D eigenvalue weighted by atomic mass is 10.3. The van der Waals surface area contributed by atoms with Gasteiger partial charge in [0.2, 0.25) is 5.82 Å². The van der Waals surface area contributed by atoms with E-state index in [-0.39, 0.29) is 11.5 Å². The van der Waals surface area contributed by atoms with Gasteiger partial charge in [0.15, 0.2) is 0 Å². The van der Waals surface area contributed by atoms with Gasteiger partial charge >= 0.3 is 5.69 Å². The summed E-state index contributed by atoms with van der Waals surface area (Å²) in [5, 5.41) is 14.6. The second-order valence-corrected chi connectivity index (χ2v) is 4.88. The number of aryl methyl sites for hydroxylation is 1. The molecule has 0 bridgehead atoms. The van der Waals surface area contributed by atoms with Crippen LogP contribution in [0, 0.1) is 17.0 Å². The van der Waals surface area contributed by atoms with Crippen LogP contribution in [0.25, 0.3) is 0 Å². The van der Waals surface area contributed by atoms with Gasteiger partial charge in [0.25, 0.3) is 0 Å². The fraction of sp³-hybridized carbons (Fsp3) is 0.200. The molecule has 2 aromatic rings. The van der Waals surface area contributed by atoms with E-state index in [1.165, 1.54) is 12.1 Å². The van der Waals surface area contributed by atoms with Gasteiger partial charge in [0.05, 0.1) is 16.5 Å². The molecule has 0 aromatic carbocycles. The summed E-state index contributed by atoms with van der Waals surface area (Å²) in [5.41, 5.74) is 5.31. The van der Waals surface area contributed by atoms with Crippen LogP contribution in [0.2, 0.25) is 0 Å². The molecule has 0 spiro atoms. The average molecular weight is 265 g/mol. The zero-order valence-electron chi connectivity index (χ0n) is 9.58. The number of pyridine rings is 1. The number of nitrogens with one attached hydrogen (secondary N) is 1. The maximum absolute atomic E-state index is 10.6. The summed E-state index contributed by atoms with van der Waals surface area (Å²) in [4.78, 5) is 19.1. The minimum Gasteiger partial charge on any atom is -0.378 e. The Kier molecular flexibility index (Phi) is 3.38. The standard InChI is InChI=1S/C10H11N5O2S/c1-6-12-4-7(18-6)5-13-9-3-2-8(15(16)17)10(11)14-9/h2-4H,5H2,1H3,(H3,11,13,14). The number of nitro groups is 1. The molecule has 0 saturated heterocycles. The van der Waals surface area contributed by atoms with Crippen LogP contribution in [-0.2, 0) is 6.54 Å². The van der Waals surface area contributed by atoms with E-state index in [0.717, 1.165) is 9.88 Å². The zero-order valence-corrected chi connectivity index (χ0v) is 10.4. The lowest BCUT2D eigenvalue weighted by Crippen LogP contribution is -2.04. The number of aromatic nitrogens is 2. The van der Waals surface area contributed by atoms with Crippen LogP contribution >= 0.6 is 11.3 Å². The van der Waals surface area contributed by atoms with Gasteiger partial charge in [-0.2, -0.15) is 0 Å². The molecule has 7 nitrogen and oxygen atoms in total. The van der Waals surface area contributed by atoms with Crippen LogP contribution in [0.5, 0.6) is 0 Å². The van der Waals surface area contributed by atoms with Crippen molar-refractivity contribution in [1.29, 1.82) is 0 Å². The summed E-state index contributed by atoms with van der Waals surface area (Å²) in [6, 6.07) is 2.87. The Morgan fingerprint density at radius 2 is 2.33 bits per heavy atom. The van der Waals surface area contributed by atoms with E-state index in [1.54, 1.807) is 17.5 Å². The van der Waals surface area contributed by atoms with Gasteiger partial charge in [-0.15, -0.1) is 11.3 Å². The van der Waals surface area contributed by atoms with Crippen molar-refractivity contribution in [3.63, 3.8) is 0 Å². The number of rotatable bonds is 4. The maximum Gasteiger partial charge on any atom is 0.311 e. The van der Waals surface area contributed by atoms with Gasteiger partial charge in [-0.1, -0.05) is 0 Å². The molecule has 18 heavy (non-hydrogen) atoms. The maximum atomic E-state index is 10.6. The monoisotopic (exact) mass is 265 g/mol. The second-order valence-electron chi connectivity index (χ2n) is 3.56. The normalized spacial score (nSPS) is 10.3. The molecular formula is C10H11N5O2S. The van der Waals surface area contributed by atoms with Crippen molar-refractivity contribution in [1.82, 2.24) is 9.97 Å². The second kappa shape index (κ2) is 4.96. The Morgan fingerprint density at radius 3 is 2.89 bits per heavy atom. The number of anilines is 2. The largest absolute Gasteiger partial charge is 0.378 e. The Bertz CT molecular complexity index is 583. The summed E-state index contributed by atoms with van der Waals surface area (Å²) in [7, 11) is 0. The first-order valence-corrected chi connectivity index (χ1v) is 5.94. The third kappa shape index (κ3) is 2.72.